The summed E-state index contributed by atoms with van der Waals surface area (Å²) in [7, 11) is 0. The Labute approximate surface area is 200 Å². The lowest BCUT2D eigenvalue weighted by Gasteiger charge is -2.49. The van der Waals surface area contributed by atoms with Gasteiger partial charge in [-0.05, 0) is 26.3 Å². The number of hydrogen-bond donors (Lipinski definition) is 2. The van der Waals surface area contributed by atoms with Crippen molar-refractivity contribution >= 4 is 41.5 Å². The monoisotopic (exact) mass is 490 g/mol. The lowest BCUT2D eigenvalue weighted by Crippen LogP contribution is -2.71. The van der Waals surface area contributed by atoms with Crippen LogP contribution in [0.1, 0.15) is 39.2 Å². The minimum absolute atomic E-state index is 0.198. The van der Waals surface area contributed by atoms with Crippen LogP contribution in [0.15, 0.2) is 41.6 Å². The second-order valence-electron chi connectivity index (χ2n) is 8.81. The number of nitrogens with one attached hydrogen (secondary N) is 1. The molecule has 0 saturated carbocycles. The van der Waals surface area contributed by atoms with E-state index >= 15 is 0 Å². The summed E-state index contributed by atoms with van der Waals surface area (Å²) in [5.41, 5.74) is -0.388. The summed E-state index contributed by atoms with van der Waals surface area (Å²) in [6.07, 6.45) is 0. The normalized spacial score (nSPS) is 20.6. The van der Waals surface area contributed by atoms with Crippen LogP contribution in [0.4, 0.5) is 0 Å². The first-order valence-corrected chi connectivity index (χ1v) is 11.6. The standard InChI is InChI=1S/C23H26N2O8S/c1-12(26)32-10-14-11-34-20-16(19(28)25(20)17(14)21(29)30)24-18(27)15(13-8-6-5-7-9-13)22(31)33-23(2,3)4/h5-9,15-16,20H,10-11H2,1-4H3,(H,24,27)(H,29,30)/t15?,16-,20-/m1/s1. The zero-order valence-electron chi connectivity index (χ0n) is 19.2. The quantitative estimate of drug-likeness (QED) is 0.330. The number of carboxylic acid groups (broad SMARTS) is 1. The van der Waals surface area contributed by atoms with Gasteiger partial charge in [0.2, 0.25) is 5.91 Å². The van der Waals surface area contributed by atoms with Crippen LogP contribution in [-0.4, -0.2) is 69.1 Å². The molecule has 0 spiro atoms. The molecule has 1 unspecified atom stereocenters. The summed E-state index contributed by atoms with van der Waals surface area (Å²) >= 11 is 1.24. The summed E-state index contributed by atoms with van der Waals surface area (Å²) in [5.74, 6) is -5.11. The maximum Gasteiger partial charge on any atom is 0.352 e. The van der Waals surface area contributed by atoms with Gasteiger partial charge >= 0.3 is 17.9 Å². The fraction of sp³-hybridized carbons (Fsp3) is 0.435. The van der Waals surface area contributed by atoms with Crippen molar-refractivity contribution in [1.29, 1.82) is 0 Å². The lowest BCUT2D eigenvalue weighted by molar-refractivity contribution is -0.160. The number of benzene rings is 1. The Hall–Kier alpha value is -3.34. The maximum absolute atomic E-state index is 13.2. The van der Waals surface area contributed by atoms with E-state index in [9.17, 15) is 29.1 Å². The molecule has 0 aliphatic carbocycles. The smallest absolute Gasteiger partial charge is 0.352 e. The fourth-order valence-corrected chi connectivity index (χ4v) is 4.95. The van der Waals surface area contributed by atoms with Crippen LogP contribution in [-0.2, 0) is 33.4 Å². The average Bonchev–Trinajstić information content (AvgIpc) is 2.74. The number of carboxylic acids is 1. The van der Waals surface area contributed by atoms with Crippen molar-refractivity contribution in [3.8, 4) is 0 Å². The van der Waals surface area contributed by atoms with Gasteiger partial charge in [0, 0.05) is 18.2 Å². The summed E-state index contributed by atoms with van der Waals surface area (Å²) in [6, 6.07) is 7.32. The van der Waals surface area contributed by atoms with Crippen LogP contribution in [0.25, 0.3) is 0 Å². The van der Waals surface area contributed by atoms with E-state index in [1.54, 1.807) is 51.1 Å². The molecule has 0 radical (unpaired) electrons. The molecule has 2 aliphatic heterocycles. The van der Waals surface area contributed by atoms with Crippen molar-refractivity contribution in [1.82, 2.24) is 10.2 Å². The molecule has 1 fully saturated rings. The molecule has 11 heteroatoms. The van der Waals surface area contributed by atoms with Gasteiger partial charge < -0.3 is 19.9 Å². The van der Waals surface area contributed by atoms with Gasteiger partial charge in [0.15, 0.2) is 5.92 Å². The van der Waals surface area contributed by atoms with E-state index in [1.165, 1.54) is 18.7 Å². The van der Waals surface area contributed by atoms with Gasteiger partial charge in [-0.2, -0.15) is 0 Å². The number of rotatable bonds is 7. The number of carbonyl (C=O) groups is 5. The minimum atomic E-state index is -1.33. The maximum atomic E-state index is 13.2. The summed E-state index contributed by atoms with van der Waals surface area (Å²) in [4.78, 5) is 62.9. The van der Waals surface area contributed by atoms with E-state index in [4.69, 9.17) is 9.47 Å². The molecule has 10 nitrogen and oxygen atoms in total. The van der Waals surface area contributed by atoms with E-state index in [0.29, 0.717) is 5.56 Å². The molecule has 2 amide bonds. The Kier molecular flexibility index (Phi) is 7.35. The molecule has 1 aromatic carbocycles. The van der Waals surface area contributed by atoms with Crippen LogP contribution >= 0.6 is 11.8 Å². The van der Waals surface area contributed by atoms with Crippen LogP contribution < -0.4 is 5.32 Å². The first-order chi connectivity index (χ1) is 15.9. The lowest BCUT2D eigenvalue weighted by atomic mass is 9.96. The Morgan fingerprint density at radius 3 is 2.41 bits per heavy atom. The second-order valence-corrected chi connectivity index (χ2v) is 9.92. The van der Waals surface area contributed by atoms with Crippen LogP contribution in [0.2, 0.25) is 0 Å². The van der Waals surface area contributed by atoms with Gasteiger partial charge in [0.05, 0.1) is 0 Å². The van der Waals surface area contributed by atoms with E-state index in [2.05, 4.69) is 5.32 Å². The van der Waals surface area contributed by atoms with E-state index < -0.39 is 52.7 Å². The van der Waals surface area contributed by atoms with Crippen LogP contribution in [0.3, 0.4) is 0 Å². The molecular weight excluding hydrogens is 464 g/mol. The zero-order chi connectivity index (χ0) is 25.2. The molecule has 2 N–H and O–H groups in total. The van der Waals surface area contributed by atoms with Crippen LogP contribution in [0, 0.1) is 0 Å². The highest BCUT2D eigenvalue weighted by Crippen LogP contribution is 2.40. The van der Waals surface area contributed by atoms with E-state index in [1.807, 2.05) is 0 Å². The van der Waals surface area contributed by atoms with Crippen molar-refractivity contribution in [2.45, 2.75) is 50.6 Å². The van der Waals surface area contributed by atoms with E-state index in [-0.39, 0.29) is 23.6 Å². The van der Waals surface area contributed by atoms with Crippen molar-refractivity contribution in [3.05, 3.63) is 47.2 Å². The van der Waals surface area contributed by atoms with Crippen LogP contribution in [0.5, 0.6) is 0 Å². The first-order valence-electron chi connectivity index (χ1n) is 10.5. The molecule has 2 aliphatic rings. The number of fused-ring (bicyclic) bond motifs is 1. The molecule has 182 valence electrons. The largest absolute Gasteiger partial charge is 0.477 e. The SMILES string of the molecule is CC(=O)OCC1=C(C(=O)O)N2C(=O)[C@@H](NC(=O)C(C(=O)OC(C)(C)C)c3ccccc3)[C@H]2SC1. The van der Waals surface area contributed by atoms with Crippen molar-refractivity contribution < 1.29 is 38.6 Å². The number of amides is 2. The highest BCUT2D eigenvalue weighted by atomic mass is 32.2. The number of ether oxygens (including phenoxy) is 2. The number of esters is 2. The molecule has 0 aromatic heterocycles. The number of nitrogens with zero attached hydrogens (tertiary/aromatic N) is 1. The third-order valence-corrected chi connectivity index (χ3v) is 6.37. The van der Waals surface area contributed by atoms with E-state index in [0.717, 1.165) is 4.90 Å². The van der Waals surface area contributed by atoms with Gasteiger partial charge in [-0.1, -0.05) is 30.3 Å². The molecule has 1 saturated heterocycles. The topological polar surface area (TPSA) is 139 Å². The van der Waals surface area contributed by atoms with Gasteiger partial charge in [-0.3, -0.25) is 24.1 Å². The average molecular weight is 491 g/mol. The molecule has 1 aromatic rings. The number of aliphatic carboxylic acids is 1. The minimum Gasteiger partial charge on any atom is -0.477 e. The van der Waals surface area contributed by atoms with Crippen molar-refractivity contribution in [3.63, 3.8) is 0 Å². The summed E-state index contributed by atoms with van der Waals surface area (Å²) in [6.45, 7) is 6.01. The fourth-order valence-electron chi connectivity index (χ4n) is 3.62. The second kappa shape index (κ2) is 9.88. The highest BCUT2D eigenvalue weighted by molar-refractivity contribution is 8.00. The molecule has 3 atom stereocenters. The predicted molar refractivity (Wildman–Crippen MR) is 121 cm³/mol. The predicted octanol–water partition coefficient (Wildman–Crippen LogP) is 1.41. The number of thioether (sulfide) groups is 1. The Balaban J connectivity index is 1.81. The van der Waals surface area contributed by atoms with Gasteiger partial charge in [0.1, 0.15) is 29.3 Å². The van der Waals surface area contributed by atoms with Gasteiger partial charge in [0.25, 0.3) is 5.91 Å². The van der Waals surface area contributed by atoms with Crippen molar-refractivity contribution in [2.24, 2.45) is 0 Å². The molecule has 3 rings (SSSR count). The number of β-lactam (4-membered cyclic amide) rings is 1. The Morgan fingerprint density at radius 1 is 1.21 bits per heavy atom. The Morgan fingerprint density at radius 2 is 1.85 bits per heavy atom. The zero-order valence-corrected chi connectivity index (χ0v) is 20.0. The third-order valence-electron chi connectivity index (χ3n) is 5.03. The molecular formula is C23H26N2O8S. The van der Waals surface area contributed by atoms with Gasteiger partial charge in [-0.15, -0.1) is 11.8 Å². The molecule has 2 heterocycles. The van der Waals surface area contributed by atoms with Gasteiger partial charge in [-0.25, -0.2) is 4.79 Å². The van der Waals surface area contributed by atoms with Crippen molar-refractivity contribution in [2.75, 3.05) is 12.4 Å². The number of carbonyl (C=O) groups excluding carboxylic acids is 4. The third kappa shape index (κ3) is 5.41. The molecule has 34 heavy (non-hydrogen) atoms. The first kappa shape index (κ1) is 25.3. The Bertz CT molecular complexity index is 1050. The molecule has 0 bridgehead atoms. The summed E-state index contributed by atoms with van der Waals surface area (Å²) in [5, 5.41) is 11.6. The highest BCUT2D eigenvalue weighted by Gasteiger charge is 2.55. The summed E-state index contributed by atoms with van der Waals surface area (Å²) < 4.78 is 10.3. The number of hydrogen-bond acceptors (Lipinski definition) is 8.